The molecule has 0 bridgehead atoms. The standard InChI is InChI=1S/C49H40N4/c1-49(2)44-20-11-9-18-39(44)40-27-26-38(32-45(40)49)52(48-50-28-13-29-51-48)37-24-22-34(23-25-37)42-30-35(33-14-5-3-6-15-33)31-43-41-19-10-12-21-46(41)53(47(42)43)36-16-7-4-8-17-36/h3,5-7,9-16,18-32,36H,4,8,17H2,1-2H3. The van der Waals surface area contributed by atoms with E-state index in [-0.39, 0.29) is 5.41 Å². The van der Waals surface area contributed by atoms with Gasteiger partial charge in [0.15, 0.2) is 0 Å². The van der Waals surface area contributed by atoms with E-state index >= 15 is 0 Å². The number of benzene rings is 6. The van der Waals surface area contributed by atoms with Crippen molar-refractivity contribution in [1.29, 1.82) is 0 Å². The number of rotatable bonds is 6. The summed E-state index contributed by atoms with van der Waals surface area (Å²) in [5, 5.41) is 2.59. The first-order valence-corrected chi connectivity index (χ1v) is 18.8. The van der Waals surface area contributed by atoms with Gasteiger partial charge in [-0.05, 0) is 107 Å². The quantitative estimate of drug-likeness (QED) is 0.164. The average Bonchev–Trinajstić information content (AvgIpc) is 3.67. The first-order chi connectivity index (χ1) is 26.1. The molecule has 10 rings (SSSR count). The van der Waals surface area contributed by atoms with Crippen LogP contribution in [0.1, 0.15) is 50.3 Å². The van der Waals surface area contributed by atoms with Gasteiger partial charge in [-0.15, -0.1) is 0 Å². The normalized spacial score (nSPS) is 15.8. The summed E-state index contributed by atoms with van der Waals surface area (Å²) in [6.07, 6.45) is 11.9. The van der Waals surface area contributed by atoms with E-state index < -0.39 is 0 Å². The second-order valence-corrected chi connectivity index (χ2v) is 14.9. The topological polar surface area (TPSA) is 34.0 Å². The highest BCUT2D eigenvalue weighted by Crippen LogP contribution is 2.50. The Kier molecular flexibility index (Phi) is 7.40. The van der Waals surface area contributed by atoms with E-state index in [1.807, 2.05) is 18.5 Å². The molecule has 1 atom stereocenters. The van der Waals surface area contributed by atoms with Crippen LogP contribution in [-0.4, -0.2) is 14.5 Å². The molecular weight excluding hydrogens is 645 g/mol. The van der Waals surface area contributed by atoms with Gasteiger partial charge in [0, 0.05) is 51.0 Å². The van der Waals surface area contributed by atoms with Crippen LogP contribution in [-0.2, 0) is 5.41 Å². The highest BCUT2D eigenvalue weighted by Gasteiger charge is 2.36. The lowest BCUT2D eigenvalue weighted by Gasteiger charge is -2.26. The molecule has 4 heteroatoms. The summed E-state index contributed by atoms with van der Waals surface area (Å²) in [5.74, 6) is 0.645. The van der Waals surface area contributed by atoms with E-state index in [1.54, 1.807) is 0 Å². The van der Waals surface area contributed by atoms with Crippen molar-refractivity contribution in [1.82, 2.24) is 14.5 Å². The number of allylic oxidation sites excluding steroid dienone is 2. The largest absolute Gasteiger partial charge is 0.333 e. The van der Waals surface area contributed by atoms with Gasteiger partial charge in [0.1, 0.15) is 0 Å². The van der Waals surface area contributed by atoms with E-state index in [4.69, 9.17) is 9.97 Å². The molecule has 2 aliphatic rings. The maximum atomic E-state index is 4.76. The third-order valence-electron chi connectivity index (χ3n) is 11.5. The molecule has 0 radical (unpaired) electrons. The lowest BCUT2D eigenvalue weighted by molar-refractivity contribution is 0.542. The van der Waals surface area contributed by atoms with Crippen molar-refractivity contribution in [2.24, 2.45) is 0 Å². The smallest absolute Gasteiger partial charge is 0.234 e. The summed E-state index contributed by atoms with van der Waals surface area (Å²) in [6, 6.07) is 51.3. The molecule has 0 saturated heterocycles. The molecule has 0 spiro atoms. The fourth-order valence-corrected chi connectivity index (χ4v) is 8.91. The first-order valence-electron chi connectivity index (χ1n) is 18.8. The van der Waals surface area contributed by atoms with E-state index in [0.29, 0.717) is 12.0 Å². The van der Waals surface area contributed by atoms with Crippen molar-refractivity contribution in [3.63, 3.8) is 0 Å². The molecule has 0 saturated carbocycles. The van der Waals surface area contributed by atoms with Crippen LogP contribution < -0.4 is 4.90 Å². The van der Waals surface area contributed by atoms with Crippen LogP contribution in [0.4, 0.5) is 17.3 Å². The molecule has 0 amide bonds. The molecular formula is C49H40N4. The minimum absolute atomic E-state index is 0.115. The molecule has 256 valence electrons. The van der Waals surface area contributed by atoms with Crippen molar-refractivity contribution >= 4 is 39.1 Å². The third-order valence-corrected chi connectivity index (χ3v) is 11.5. The van der Waals surface area contributed by atoms with Gasteiger partial charge in [0.05, 0.1) is 11.6 Å². The SMILES string of the molecule is CC1(C)c2ccccc2-c2ccc(N(c3ccc(-c4cc(-c5ccccc5)cc5c6ccccc6n(C6C=CCCC6)c45)cc3)c3ncccn3)cc21. The maximum absolute atomic E-state index is 4.76. The number of anilines is 3. The van der Waals surface area contributed by atoms with Gasteiger partial charge >= 0.3 is 0 Å². The van der Waals surface area contributed by atoms with Crippen molar-refractivity contribution in [2.75, 3.05) is 4.90 Å². The van der Waals surface area contributed by atoms with E-state index in [2.05, 4.69) is 169 Å². The van der Waals surface area contributed by atoms with E-state index in [9.17, 15) is 0 Å². The lowest BCUT2D eigenvalue weighted by Crippen LogP contribution is -2.17. The van der Waals surface area contributed by atoms with Crippen molar-refractivity contribution in [3.05, 3.63) is 175 Å². The van der Waals surface area contributed by atoms with Crippen molar-refractivity contribution in [2.45, 2.75) is 44.6 Å². The summed E-state index contributed by atoms with van der Waals surface area (Å²) in [7, 11) is 0. The number of nitrogens with zero attached hydrogens (tertiary/aromatic N) is 4. The molecule has 53 heavy (non-hydrogen) atoms. The molecule has 0 N–H and O–H groups in total. The second-order valence-electron chi connectivity index (χ2n) is 14.9. The Labute approximate surface area is 310 Å². The third kappa shape index (κ3) is 5.12. The monoisotopic (exact) mass is 684 g/mol. The van der Waals surface area contributed by atoms with Gasteiger partial charge in [-0.3, -0.25) is 4.90 Å². The van der Waals surface area contributed by atoms with Gasteiger partial charge in [-0.25, -0.2) is 9.97 Å². The summed E-state index contributed by atoms with van der Waals surface area (Å²) in [4.78, 5) is 11.7. The van der Waals surface area contributed by atoms with Crippen LogP contribution in [0.5, 0.6) is 0 Å². The number of para-hydroxylation sites is 1. The van der Waals surface area contributed by atoms with Gasteiger partial charge in [-0.1, -0.05) is 117 Å². The van der Waals surface area contributed by atoms with Crippen molar-refractivity contribution in [3.8, 4) is 33.4 Å². The molecule has 8 aromatic rings. The minimum Gasteiger partial charge on any atom is -0.333 e. The van der Waals surface area contributed by atoms with E-state index in [0.717, 1.165) is 24.2 Å². The van der Waals surface area contributed by atoms with Gasteiger partial charge in [-0.2, -0.15) is 0 Å². The Morgan fingerprint density at radius 1 is 0.604 bits per heavy atom. The maximum Gasteiger partial charge on any atom is 0.234 e. The Hall–Kier alpha value is -6.26. The summed E-state index contributed by atoms with van der Waals surface area (Å²) < 4.78 is 2.60. The Morgan fingerprint density at radius 3 is 2.15 bits per heavy atom. The first kappa shape index (κ1) is 31.5. The Morgan fingerprint density at radius 2 is 1.34 bits per heavy atom. The average molecular weight is 685 g/mol. The molecule has 2 aliphatic carbocycles. The zero-order valence-corrected chi connectivity index (χ0v) is 30.1. The van der Waals surface area contributed by atoms with Crippen LogP contribution in [0, 0.1) is 0 Å². The predicted molar refractivity (Wildman–Crippen MR) is 220 cm³/mol. The van der Waals surface area contributed by atoms with Gasteiger partial charge < -0.3 is 4.57 Å². The van der Waals surface area contributed by atoms with Gasteiger partial charge in [0.2, 0.25) is 5.95 Å². The number of hydrogen-bond donors (Lipinski definition) is 0. The molecule has 1 unspecified atom stereocenters. The van der Waals surface area contributed by atoms with Crippen molar-refractivity contribution < 1.29 is 0 Å². The van der Waals surface area contributed by atoms with Crippen LogP contribution in [0.25, 0.3) is 55.2 Å². The number of aromatic nitrogens is 3. The van der Waals surface area contributed by atoms with Gasteiger partial charge in [0.25, 0.3) is 0 Å². The zero-order valence-electron chi connectivity index (χ0n) is 30.1. The van der Waals surface area contributed by atoms with Crippen LogP contribution in [0.15, 0.2) is 164 Å². The van der Waals surface area contributed by atoms with Crippen LogP contribution >= 0.6 is 0 Å². The highest BCUT2D eigenvalue weighted by atomic mass is 15.3. The highest BCUT2D eigenvalue weighted by molar-refractivity contribution is 6.14. The summed E-state index contributed by atoms with van der Waals surface area (Å²) >= 11 is 0. The molecule has 0 fully saturated rings. The fourth-order valence-electron chi connectivity index (χ4n) is 8.91. The molecule has 4 nitrogen and oxygen atoms in total. The summed E-state index contributed by atoms with van der Waals surface area (Å²) in [5.41, 5.74) is 14.7. The number of fused-ring (bicyclic) bond motifs is 6. The molecule has 2 aromatic heterocycles. The predicted octanol–water partition coefficient (Wildman–Crippen LogP) is 13.0. The molecule has 0 aliphatic heterocycles. The van der Waals surface area contributed by atoms with Crippen LogP contribution in [0.2, 0.25) is 0 Å². The fraction of sp³-hybridized carbons (Fsp3) is 0.143. The zero-order chi connectivity index (χ0) is 35.5. The second kappa shape index (κ2) is 12.5. The molecule has 2 heterocycles. The minimum atomic E-state index is -0.115. The summed E-state index contributed by atoms with van der Waals surface area (Å²) in [6.45, 7) is 4.65. The number of hydrogen-bond acceptors (Lipinski definition) is 3. The lowest BCUT2D eigenvalue weighted by atomic mass is 9.82. The Bertz CT molecular complexity index is 2670. The van der Waals surface area contributed by atoms with E-state index in [1.165, 1.54) is 72.7 Å². The van der Waals surface area contributed by atoms with Crippen LogP contribution in [0.3, 0.4) is 0 Å². The molecule has 6 aromatic carbocycles. The Balaban J connectivity index is 1.15.